The molecule has 0 atom stereocenters. The molecule has 0 aliphatic carbocycles. The molecule has 10 aromatic carbocycles. The van der Waals surface area contributed by atoms with Gasteiger partial charge in [0.15, 0.2) is 0 Å². The first-order valence-corrected chi connectivity index (χ1v) is 18.9. The first-order chi connectivity index (χ1) is 27.2. The van der Waals surface area contributed by atoms with Crippen LogP contribution in [0.1, 0.15) is 5.56 Å². The molecule has 0 unspecified atom stereocenters. The molecule has 2 nitrogen and oxygen atoms in total. The number of para-hydroxylation sites is 1. The fraction of sp³-hybridized carbons (Fsp3) is 0.0189. The molecule has 0 saturated carbocycles. The van der Waals surface area contributed by atoms with Crippen LogP contribution < -0.4 is 4.90 Å². The van der Waals surface area contributed by atoms with Crippen LogP contribution in [-0.4, -0.2) is 0 Å². The van der Waals surface area contributed by atoms with Crippen molar-refractivity contribution in [3.63, 3.8) is 0 Å². The largest absolute Gasteiger partial charge is 0.455 e. The van der Waals surface area contributed by atoms with E-state index in [0.29, 0.717) is 6.54 Å². The second-order valence-corrected chi connectivity index (χ2v) is 14.5. The maximum atomic E-state index is 6.85. The van der Waals surface area contributed by atoms with Gasteiger partial charge in [-0.05, 0) is 96.4 Å². The van der Waals surface area contributed by atoms with Gasteiger partial charge in [0.25, 0.3) is 0 Å². The lowest BCUT2D eigenvalue weighted by Gasteiger charge is -2.27. The van der Waals surface area contributed by atoms with Gasteiger partial charge in [-0.25, -0.2) is 0 Å². The third-order valence-corrected chi connectivity index (χ3v) is 11.3. The maximum Gasteiger partial charge on any atom is 0.143 e. The van der Waals surface area contributed by atoms with E-state index in [1.807, 2.05) is 0 Å². The average Bonchev–Trinajstić information content (AvgIpc) is 3.65. The average molecular weight is 702 g/mol. The van der Waals surface area contributed by atoms with Gasteiger partial charge in [-0.15, -0.1) is 0 Å². The van der Waals surface area contributed by atoms with Crippen LogP contribution >= 0.6 is 0 Å². The van der Waals surface area contributed by atoms with E-state index in [1.165, 1.54) is 60.0 Å². The van der Waals surface area contributed by atoms with Gasteiger partial charge in [-0.1, -0.05) is 164 Å². The van der Waals surface area contributed by atoms with Crippen LogP contribution in [0.3, 0.4) is 0 Å². The van der Waals surface area contributed by atoms with Crippen molar-refractivity contribution in [2.24, 2.45) is 0 Å². The SMILES string of the molecule is c1cc(-c2ccc3ccccc3c2)cc(N(Cc2ccccc2-c2cccc3c2oc2c4ccccc4ccc32)c2ccc3c(ccc4ccccc43)c2)c1. The van der Waals surface area contributed by atoms with E-state index in [1.54, 1.807) is 0 Å². The molecule has 1 heterocycles. The Bertz CT molecular complexity index is 3260. The zero-order chi connectivity index (χ0) is 36.3. The zero-order valence-corrected chi connectivity index (χ0v) is 30.1. The van der Waals surface area contributed by atoms with Crippen LogP contribution in [0.25, 0.3) is 87.3 Å². The molecule has 0 aliphatic rings. The molecule has 0 saturated heterocycles. The Labute approximate surface area is 319 Å². The monoisotopic (exact) mass is 701 g/mol. The van der Waals surface area contributed by atoms with E-state index in [4.69, 9.17) is 4.42 Å². The van der Waals surface area contributed by atoms with Crippen molar-refractivity contribution in [1.82, 2.24) is 0 Å². The number of furan rings is 1. The molecule has 0 N–H and O–H groups in total. The summed E-state index contributed by atoms with van der Waals surface area (Å²) in [5, 5.41) is 12.1. The molecule has 2 heteroatoms. The summed E-state index contributed by atoms with van der Waals surface area (Å²) in [6.45, 7) is 0.663. The van der Waals surface area contributed by atoms with Crippen LogP contribution in [0.15, 0.2) is 205 Å². The molecule has 0 fully saturated rings. The van der Waals surface area contributed by atoms with Crippen molar-refractivity contribution in [2.75, 3.05) is 4.90 Å². The Morgan fingerprint density at radius 2 is 0.909 bits per heavy atom. The van der Waals surface area contributed by atoms with Gasteiger partial charge in [0, 0.05) is 39.6 Å². The molecule has 55 heavy (non-hydrogen) atoms. The summed E-state index contributed by atoms with van der Waals surface area (Å²) < 4.78 is 6.85. The van der Waals surface area contributed by atoms with E-state index < -0.39 is 0 Å². The highest BCUT2D eigenvalue weighted by Gasteiger charge is 2.19. The lowest BCUT2D eigenvalue weighted by atomic mass is 9.96. The summed E-state index contributed by atoms with van der Waals surface area (Å²) in [5.41, 5.74) is 10.0. The Balaban J connectivity index is 1.07. The number of hydrogen-bond donors (Lipinski definition) is 0. The predicted molar refractivity (Wildman–Crippen MR) is 233 cm³/mol. The van der Waals surface area contributed by atoms with E-state index >= 15 is 0 Å². The topological polar surface area (TPSA) is 16.4 Å². The van der Waals surface area contributed by atoms with Crippen LogP contribution in [0, 0.1) is 0 Å². The molecule has 0 aliphatic heterocycles. The molecular formula is C53H35NO. The molecule has 0 amide bonds. The zero-order valence-electron chi connectivity index (χ0n) is 30.1. The minimum atomic E-state index is 0.663. The molecule has 11 aromatic rings. The highest BCUT2D eigenvalue weighted by atomic mass is 16.3. The normalized spacial score (nSPS) is 11.7. The van der Waals surface area contributed by atoms with Crippen molar-refractivity contribution in [1.29, 1.82) is 0 Å². The summed E-state index contributed by atoms with van der Waals surface area (Å²) in [6, 6.07) is 72.6. The van der Waals surface area contributed by atoms with Crippen molar-refractivity contribution < 1.29 is 4.42 Å². The molecular weight excluding hydrogens is 667 g/mol. The first-order valence-electron chi connectivity index (χ1n) is 18.9. The number of nitrogens with zero attached hydrogens (tertiary/aromatic N) is 1. The number of rotatable bonds is 6. The van der Waals surface area contributed by atoms with Gasteiger partial charge in [-0.3, -0.25) is 0 Å². The highest BCUT2D eigenvalue weighted by Crippen LogP contribution is 2.41. The fourth-order valence-corrected chi connectivity index (χ4v) is 8.55. The Hall–Kier alpha value is -7.16. The van der Waals surface area contributed by atoms with Crippen LogP contribution in [0.4, 0.5) is 11.4 Å². The molecule has 0 spiro atoms. The molecule has 258 valence electrons. The van der Waals surface area contributed by atoms with Crippen molar-refractivity contribution in [3.8, 4) is 22.3 Å². The summed E-state index contributed by atoms with van der Waals surface area (Å²) in [7, 11) is 0. The maximum absolute atomic E-state index is 6.85. The summed E-state index contributed by atoms with van der Waals surface area (Å²) in [5.74, 6) is 0. The number of benzene rings is 10. The number of hydrogen-bond acceptors (Lipinski definition) is 2. The molecule has 0 bridgehead atoms. The van der Waals surface area contributed by atoms with E-state index in [0.717, 1.165) is 44.3 Å². The van der Waals surface area contributed by atoms with Gasteiger partial charge in [0.05, 0.1) is 0 Å². The standard InChI is InChI=1S/C53H35NO/c1-2-14-38-31-40(25-23-35(38)11-1)39-16-9-17-43(32-39)54(44-28-30-47-41(33-44)26-24-36-12-3-6-18-45(36)47)34-42-15-5-7-19-46(42)49-21-10-22-50-51-29-27-37-13-4-8-20-48(37)52(51)55-53(49)50/h1-33H,34H2. The smallest absolute Gasteiger partial charge is 0.143 e. The van der Waals surface area contributed by atoms with Crippen LogP contribution in [0.5, 0.6) is 0 Å². The summed E-state index contributed by atoms with van der Waals surface area (Å²) in [6.07, 6.45) is 0. The Morgan fingerprint density at radius 3 is 1.82 bits per heavy atom. The van der Waals surface area contributed by atoms with Crippen LogP contribution in [-0.2, 0) is 6.54 Å². The van der Waals surface area contributed by atoms with Crippen molar-refractivity contribution in [3.05, 3.63) is 206 Å². The second-order valence-electron chi connectivity index (χ2n) is 14.5. The summed E-state index contributed by atoms with van der Waals surface area (Å²) >= 11 is 0. The predicted octanol–water partition coefficient (Wildman–Crippen LogP) is 14.9. The van der Waals surface area contributed by atoms with E-state index in [-0.39, 0.29) is 0 Å². The third kappa shape index (κ3) is 5.34. The van der Waals surface area contributed by atoms with Crippen molar-refractivity contribution >= 4 is 76.4 Å². The number of anilines is 2. The molecule has 1 aromatic heterocycles. The lowest BCUT2D eigenvalue weighted by Crippen LogP contribution is -2.17. The third-order valence-electron chi connectivity index (χ3n) is 11.3. The Morgan fingerprint density at radius 1 is 0.327 bits per heavy atom. The van der Waals surface area contributed by atoms with Crippen molar-refractivity contribution in [2.45, 2.75) is 6.54 Å². The Kier molecular flexibility index (Phi) is 7.28. The highest BCUT2D eigenvalue weighted by molar-refractivity contribution is 6.17. The van der Waals surface area contributed by atoms with Gasteiger partial charge in [0.2, 0.25) is 0 Å². The molecule has 0 radical (unpaired) electrons. The van der Waals surface area contributed by atoms with E-state index in [9.17, 15) is 0 Å². The van der Waals surface area contributed by atoms with Gasteiger partial charge in [0.1, 0.15) is 11.2 Å². The van der Waals surface area contributed by atoms with Crippen LogP contribution in [0.2, 0.25) is 0 Å². The van der Waals surface area contributed by atoms with Gasteiger partial charge >= 0.3 is 0 Å². The minimum Gasteiger partial charge on any atom is -0.455 e. The number of fused-ring (bicyclic) bond motifs is 9. The van der Waals surface area contributed by atoms with Gasteiger partial charge in [-0.2, -0.15) is 0 Å². The first kappa shape index (κ1) is 31.4. The fourth-order valence-electron chi connectivity index (χ4n) is 8.55. The summed E-state index contributed by atoms with van der Waals surface area (Å²) in [4.78, 5) is 2.46. The second kappa shape index (κ2) is 12.8. The lowest BCUT2D eigenvalue weighted by molar-refractivity contribution is 0.673. The van der Waals surface area contributed by atoms with Gasteiger partial charge < -0.3 is 9.32 Å². The van der Waals surface area contributed by atoms with E-state index in [2.05, 4.69) is 205 Å². The molecule has 11 rings (SSSR count). The minimum absolute atomic E-state index is 0.663. The quantitative estimate of drug-likeness (QED) is 0.161.